The molecule has 23 heteroatoms. The number of alkyl halides is 6. The highest BCUT2D eigenvalue weighted by molar-refractivity contribution is 7.80. The second-order valence-electron chi connectivity index (χ2n) is 11.9. The minimum atomic E-state index is -4.63. The summed E-state index contributed by atoms with van der Waals surface area (Å²) in [5.41, 5.74) is 1.81. The molecule has 0 saturated carbocycles. The van der Waals surface area contributed by atoms with Gasteiger partial charge in [-0.05, 0) is 50.3 Å². The summed E-state index contributed by atoms with van der Waals surface area (Å²) in [5.74, 6) is -4.01. The number of nitrogens with zero attached hydrogens (tertiary/aromatic N) is 6. The minimum absolute atomic E-state index is 0.0458. The Morgan fingerprint density at radius 3 is 1.61 bits per heavy atom. The number of carbonyl (C=O) groups is 5. The highest BCUT2D eigenvalue weighted by Crippen LogP contribution is 2.34. The van der Waals surface area contributed by atoms with Crippen LogP contribution in [0.3, 0.4) is 0 Å². The topological polar surface area (TPSA) is 167 Å². The molecule has 0 radical (unpaired) electrons. The van der Waals surface area contributed by atoms with E-state index >= 15 is 0 Å². The van der Waals surface area contributed by atoms with E-state index in [1.54, 1.807) is 18.7 Å². The van der Waals surface area contributed by atoms with Crippen molar-refractivity contribution < 1.29 is 59.8 Å². The third-order valence-corrected chi connectivity index (χ3v) is 9.55. The van der Waals surface area contributed by atoms with Gasteiger partial charge in [-0.3, -0.25) is 25.2 Å². The highest BCUT2D eigenvalue weighted by Gasteiger charge is 2.38. The van der Waals surface area contributed by atoms with Gasteiger partial charge in [0.25, 0.3) is 11.8 Å². The fraction of sp³-hybridized carbons (Fsp3) is 0.412. The number of anilines is 1. The Morgan fingerprint density at radius 2 is 1.14 bits per heavy atom. The van der Waals surface area contributed by atoms with Crippen LogP contribution in [0, 0.1) is 0 Å². The lowest BCUT2D eigenvalue weighted by Gasteiger charge is -2.36. The van der Waals surface area contributed by atoms with E-state index in [1.807, 2.05) is 4.90 Å². The number of halogens is 6. The number of amides is 3. The Balaban J connectivity index is 0.000000253. The smallest absolute Gasteiger partial charge is 0.417 e. The van der Waals surface area contributed by atoms with Crippen molar-refractivity contribution in [2.24, 2.45) is 0 Å². The van der Waals surface area contributed by atoms with E-state index in [0.29, 0.717) is 18.2 Å². The van der Waals surface area contributed by atoms with Crippen LogP contribution in [0.1, 0.15) is 55.5 Å². The van der Waals surface area contributed by atoms with E-state index in [0.717, 1.165) is 29.5 Å². The molecular weight excluding hydrogens is 811 g/mol. The molecule has 2 saturated heterocycles. The van der Waals surface area contributed by atoms with Crippen molar-refractivity contribution in [3.63, 3.8) is 0 Å². The van der Waals surface area contributed by atoms with Crippen molar-refractivity contribution in [3.05, 3.63) is 75.8 Å². The van der Waals surface area contributed by atoms with Crippen LogP contribution in [0.25, 0.3) is 0 Å². The average Bonchev–Trinajstić information content (AvgIpc) is 3.70. The highest BCUT2D eigenvalue weighted by atomic mass is 32.1. The van der Waals surface area contributed by atoms with Crippen molar-refractivity contribution in [2.45, 2.75) is 26.2 Å². The molecule has 2 aromatic carbocycles. The predicted octanol–water partition coefficient (Wildman–Crippen LogP) is 3.63. The Labute approximate surface area is 330 Å². The molecule has 2 aliphatic rings. The molecule has 3 amide bonds. The van der Waals surface area contributed by atoms with E-state index in [-0.39, 0.29) is 68.2 Å². The Morgan fingerprint density at radius 1 is 0.684 bits per heavy atom. The maximum absolute atomic E-state index is 13.2. The number of hydrazine groups is 1. The lowest BCUT2D eigenvalue weighted by Crippen LogP contribution is -2.56. The first-order valence-electron chi connectivity index (χ1n) is 17.1. The van der Waals surface area contributed by atoms with Crippen molar-refractivity contribution >= 4 is 63.5 Å². The number of nitrogens with one attached hydrogen (secondary N) is 2. The fourth-order valence-electron chi connectivity index (χ4n) is 5.44. The maximum Gasteiger partial charge on any atom is 0.417 e. The second-order valence-corrected chi connectivity index (χ2v) is 13.2. The summed E-state index contributed by atoms with van der Waals surface area (Å²) in [4.78, 5) is 65.6. The first-order valence-corrected chi connectivity index (χ1v) is 18.4. The Bertz CT molecular complexity index is 1930. The molecule has 1 aromatic heterocycles. The zero-order chi connectivity index (χ0) is 41.9. The third kappa shape index (κ3) is 11.7. The predicted molar refractivity (Wildman–Crippen MR) is 195 cm³/mol. The number of benzene rings is 2. The van der Waals surface area contributed by atoms with Crippen molar-refractivity contribution in [1.82, 2.24) is 35.7 Å². The molecule has 0 bridgehead atoms. The zero-order valence-electron chi connectivity index (χ0n) is 30.3. The Kier molecular flexibility index (Phi) is 15.1. The van der Waals surface area contributed by atoms with Crippen LogP contribution < -0.4 is 15.8 Å². The first kappa shape index (κ1) is 44.1. The SMILES string of the molecule is CCOC(=O)C(=O)NNC(=S)N1CCN(C(=O)c2ccccc2C(F)(F)F)CC1.CCOC(=O)c1nnc(N2CCN(C(=O)c3ccccc3C(F)(F)F)CC2)s1. The van der Waals surface area contributed by atoms with Crippen LogP contribution in [0.4, 0.5) is 31.5 Å². The molecule has 0 aliphatic carbocycles. The summed E-state index contributed by atoms with van der Waals surface area (Å²) >= 11 is 6.18. The van der Waals surface area contributed by atoms with Gasteiger partial charge >= 0.3 is 30.2 Å². The molecule has 3 aromatic rings. The lowest BCUT2D eigenvalue weighted by atomic mass is 10.1. The van der Waals surface area contributed by atoms with Gasteiger partial charge < -0.3 is 29.1 Å². The number of thiocarbonyl (C=S) groups is 1. The van der Waals surface area contributed by atoms with Gasteiger partial charge in [0.2, 0.25) is 10.1 Å². The maximum atomic E-state index is 13.2. The first-order chi connectivity index (χ1) is 27.0. The third-order valence-electron chi connectivity index (χ3n) is 8.23. The fourth-order valence-corrected chi connectivity index (χ4v) is 6.47. The number of carbonyl (C=O) groups excluding carboxylic acids is 5. The minimum Gasteiger partial charge on any atom is -0.461 e. The normalized spacial score (nSPS) is 14.5. The molecule has 2 fully saturated rings. The monoisotopic (exact) mass is 846 g/mol. The molecule has 2 aliphatic heterocycles. The molecule has 0 spiro atoms. The van der Waals surface area contributed by atoms with Crippen LogP contribution in [0.5, 0.6) is 0 Å². The number of hydrogen-bond donors (Lipinski definition) is 2. The van der Waals surface area contributed by atoms with E-state index in [4.69, 9.17) is 17.0 Å². The number of esters is 2. The summed E-state index contributed by atoms with van der Waals surface area (Å²) in [7, 11) is 0. The van der Waals surface area contributed by atoms with Gasteiger partial charge in [0.15, 0.2) is 5.11 Å². The van der Waals surface area contributed by atoms with Crippen molar-refractivity contribution in [2.75, 3.05) is 70.5 Å². The standard InChI is InChI=1S/C17H19F3N4O4S.C17H17F3N4O3S/c1-2-28-15(27)13(25)21-22-16(29)24-9-7-23(8-10-24)14(26)11-5-3-4-6-12(11)17(18,19)20;1-2-27-15(26)13-21-22-16(28-13)24-9-7-23(8-10-24)14(25)11-5-3-4-6-12(11)17(18,19)20/h3-6H,2,7-10H2,1H3,(H,21,25)(H,22,29);3-6H,2,7-10H2,1H3. The van der Waals surface area contributed by atoms with Gasteiger partial charge in [-0.15, -0.1) is 10.2 Å². The van der Waals surface area contributed by atoms with Crippen LogP contribution >= 0.6 is 23.6 Å². The number of aromatic nitrogens is 2. The molecule has 0 atom stereocenters. The molecule has 57 heavy (non-hydrogen) atoms. The molecule has 5 rings (SSSR count). The van der Waals surface area contributed by atoms with E-state index in [9.17, 15) is 50.3 Å². The summed E-state index contributed by atoms with van der Waals surface area (Å²) < 4.78 is 88.2. The van der Waals surface area contributed by atoms with E-state index < -0.39 is 58.7 Å². The average molecular weight is 847 g/mol. The van der Waals surface area contributed by atoms with Gasteiger partial charge in [-0.2, -0.15) is 26.3 Å². The summed E-state index contributed by atoms with van der Waals surface area (Å²) in [6, 6.07) is 9.39. The molecule has 3 heterocycles. The molecular formula is C34H36F6N8O7S2. The summed E-state index contributed by atoms with van der Waals surface area (Å²) in [6.45, 7) is 5.48. The summed E-state index contributed by atoms with van der Waals surface area (Å²) in [6.07, 6.45) is -9.22. The zero-order valence-corrected chi connectivity index (χ0v) is 31.9. The molecule has 2 N–H and O–H groups in total. The van der Waals surface area contributed by atoms with Crippen LogP contribution in [-0.2, 0) is 31.4 Å². The second kappa shape index (κ2) is 19.5. The van der Waals surface area contributed by atoms with Gasteiger partial charge in [0.05, 0.1) is 35.5 Å². The van der Waals surface area contributed by atoms with Crippen molar-refractivity contribution in [1.29, 1.82) is 0 Å². The number of piperazine rings is 2. The van der Waals surface area contributed by atoms with Gasteiger partial charge in [0, 0.05) is 52.4 Å². The quantitative estimate of drug-likeness (QED) is 0.122. The number of rotatable bonds is 6. The lowest BCUT2D eigenvalue weighted by molar-refractivity contribution is -0.154. The van der Waals surface area contributed by atoms with Crippen molar-refractivity contribution in [3.8, 4) is 0 Å². The van der Waals surface area contributed by atoms with Gasteiger partial charge in [0.1, 0.15) is 0 Å². The van der Waals surface area contributed by atoms with Gasteiger partial charge in [-0.25, -0.2) is 9.59 Å². The largest absolute Gasteiger partial charge is 0.461 e. The van der Waals surface area contributed by atoms with Crippen LogP contribution in [0.15, 0.2) is 48.5 Å². The van der Waals surface area contributed by atoms with Crippen LogP contribution in [0.2, 0.25) is 0 Å². The molecule has 308 valence electrons. The summed E-state index contributed by atoms with van der Waals surface area (Å²) in [5, 5.41) is 8.50. The molecule has 0 unspecified atom stereocenters. The number of hydrogen-bond acceptors (Lipinski definition) is 12. The van der Waals surface area contributed by atoms with Gasteiger partial charge in [-0.1, -0.05) is 35.6 Å². The number of ether oxygens (including phenoxy) is 2. The van der Waals surface area contributed by atoms with E-state index in [1.165, 1.54) is 40.1 Å². The van der Waals surface area contributed by atoms with Crippen LogP contribution in [-0.4, -0.2) is 125 Å². The van der Waals surface area contributed by atoms with E-state index in [2.05, 4.69) is 25.8 Å². The molecule has 15 nitrogen and oxygen atoms in total. The Hall–Kier alpha value is -5.58.